The lowest BCUT2D eigenvalue weighted by Gasteiger charge is -2.30. The van der Waals surface area contributed by atoms with Crippen LogP contribution in [0.2, 0.25) is 0 Å². The number of rotatable bonds is 5. The molecule has 0 saturated carbocycles. The highest BCUT2D eigenvalue weighted by molar-refractivity contribution is 7.15. The van der Waals surface area contributed by atoms with Crippen molar-refractivity contribution in [1.82, 2.24) is 25.8 Å². The van der Waals surface area contributed by atoms with E-state index in [4.69, 9.17) is 4.74 Å². The number of carbonyl (C=O) groups is 3. The van der Waals surface area contributed by atoms with Crippen LogP contribution in [0.25, 0.3) is 0 Å². The van der Waals surface area contributed by atoms with Crippen molar-refractivity contribution in [3.8, 4) is 17.6 Å². The summed E-state index contributed by atoms with van der Waals surface area (Å²) in [4.78, 5) is 43.8. The maximum atomic E-state index is 13.1. The van der Waals surface area contributed by atoms with E-state index in [-0.39, 0.29) is 12.5 Å². The Kier molecular flexibility index (Phi) is 6.18. The third-order valence-electron chi connectivity index (χ3n) is 6.35. The molecule has 0 aliphatic carbocycles. The largest absolute Gasteiger partial charge is 0.497 e. The number of amides is 4. The zero-order valence-corrected chi connectivity index (χ0v) is 21.5. The number of nitrogens with zero attached hydrogens (tertiary/aromatic N) is 2. The first-order valence-electron chi connectivity index (χ1n) is 11.3. The van der Waals surface area contributed by atoms with Crippen molar-refractivity contribution in [1.29, 1.82) is 0 Å². The number of carbonyl (C=O) groups excluding carboxylic acids is 3. The van der Waals surface area contributed by atoms with Crippen molar-refractivity contribution in [3.05, 3.63) is 51.2 Å². The average Bonchev–Trinajstić information content (AvgIpc) is 3.54. The third kappa shape index (κ3) is 4.48. The van der Waals surface area contributed by atoms with E-state index in [9.17, 15) is 14.4 Å². The van der Waals surface area contributed by atoms with E-state index in [0.717, 1.165) is 41.5 Å². The molecule has 4 amide bonds. The van der Waals surface area contributed by atoms with Crippen molar-refractivity contribution in [3.63, 3.8) is 0 Å². The second kappa shape index (κ2) is 9.29. The molecule has 0 radical (unpaired) electrons. The van der Waals surface area contributed by atoms with Crippen LogP contribution >= 0.6 is 11.3 Å². The number of hydrogen-bond acceptors (Lipinski definition) is 7. The summed E-state index contributed by atoms with van der Waals surface area (Å²) in [5, 5.41) is 9.52. The minimum absolute atomic E-state index is 0.0566. The molecule has 0 bridgehead atoms. The second-order valence-electron chi connectivity index (χ2n) is 8.60. The van der Waals surface area contributed by atoms with Crippen LogP contribution in [0, 0.1) is 11.8 Å². The predicted molar refractivity (Wildman–Crippen MR) is 135 cm³/mol. The van der Waals surface area contributed by atoms with Gasteiger partial charge in [0, 0.05) is 58.3 Å². The van der Waals surface area contributed by atoms with Gasteiger partial charge in [-0.05, 0) is 29.8 Å². The van der Waals surface area contributed by atoms with Crippen LogP contribution in [0.5, 0.6) is 5.75 Å². The minimum Gasteiger partial charge on any atom is -0.497 e. The first kappa shape index (κ1) is 23.3. The van der Waals surface area contributed by atoms with Gasteiger partial charge in [0.25, 0.3) is 11.8 Å². The van der Waals surface area contributed by atoms with Crippen LogP contribution in [0.4, 0.5) is 4.79 Å². The highest BCUT2D eigenvalue weighted by Crippen LogP contribution is 2.28. The number of methoxy groups -OCH3 is 1. The number of nitrogens with one attached hydrogen (secondary N) is 3. The number of urea groups is 1. The Balaban J connectivity index is 1.38. The summed E-state index contributed by atoms with van der Waals surface area (Å²) in [5.74, 6) is 5.87. The van der Waals surface area contributed by atoms with Gasteiger partial charge < -0.3 is 25.2 Å². The molecule has 3 aliphatic heterocycles. The molecule has 35 heavy (non-hydrogen) atoms. The highest BCUT2D eigenvalue weighted by Gasteiger charge is 2.48. The lowest BCUT2D eigenvalue weighted by Crippen LogP contribution is -2.54. The van der Waals surface area contributed by atoms with Gasteiger partial charge in [-0.3, -0.25) is 14.9 Å². The van der Waals surface area contributed by atoms with Gasteiger partial charge in [0.2, 0.25) is 5.54 Å². The molecule has 1 aromatic heterocycles. The van der Waals surface area contributed by atoms with Crippen molar-refractivity contribution in [2.75, 3.05) is 39.8 Å². The molecule has 4 heterocycles. The number of benzene rings is 1. The predicted octanol–water partition coefficient (Wildman–Crippen LogP) is -0.641. The van der Waals surface area contributed by atoms with Crippen molar-refractivity contribution in [2.24, 2.45) is 0 Å². The van der Waals surface area contributed by atoms with Gasteiger partial charge >= 0.3 is 6.03 Å². The van der Waals surface area contributed by atoms with Crippen molar-refractivity contribution >= 4 is 44.3 Å². The number of thiophene rings is 1. The maximum absolute atomic E-state index is 13.1. The van der Waals surface area contributed by atoms with Gasteiger partial charge in [-0.1, -0.05) is 17.9 Å². The second-order valence-corrected chi connectivity index (χ2v) is 10.3. The monoisotopic (exact) mass is 507 g/mol. The fourth-order valence-corrected chi connectivity index (χ4v) is 5.94. The minimum atomic E-state index is -1.53. The van der Waals surface area contributed by atoms with Crippen LogP contribution in [-0.2, 0) is 11.3 Å². The number of fused-ring (bicyclic) bond motifs is 1. The molecule has 0 unspecified atom stereocenters. The van der Waals surface area contributed by atoms with Crippen LogP contribution in [0.15, 0.2) is 30.3 Å². The zero-order chi connectivity index (χ0) is 24.6. The van der Waals surface area contributed by atoms with Crippen LogP contribution < -0.4 is 20.7 Å². The third-order valence-corrected chi connectivity index (χ3v) is 8.49. The summed E-state index contributed by atoms with van der Waals surface area (Å²) >= 11 is 1.55. The topological polar surface area (TPSA) is 103 Å². The molecule has 2 aromatic rings. The van der Waals surface area contributed by atoms with E-state index >= 15 is 0 Å². The Morgan fingerprint density at radius 2 is 2.00 bits per heavy atom. The summed E-state index contributed by atoms with van der Waals surface area (Å²) in [6.45, 7) is 4.12. The average molecular weight is 508 g/mol. The summed E-state index contributed by atoms with van der Waals surface area (Å²) in [7, 11) is 3.41. The fraction of sp³-hybridized carbons (Fsp3) is 0.333. The Hall–Kier alpha value is -3.46. The van der Waals surface area contributed by atoms with Crippen LogP contribution in [0.3, 0.4) is 0 Å². The smallest absolute Gasteiger partial charge is 0.323 e. The zero-order valence-electron chi connectivity index (χ0n) is 19.3. The summed E-state index contributed by atoms with van der Waals surface area (Å²) in [5.41, 5.74) is -0.159. The Bertz CT molecular complexity index is 1290. The van der Waals surface area contributed by atoms with Gasteiger partial charge in [0.15, 0.2) is 0 Å². The molecule has 3 aliphatic rings. The molecule has 3 N–H and O–H groups in total. The van der Waals surface area contributed by atoms with E-state index < -0.39 is 17.5 Å². The van der Waals surface area contributed by atoms with Crippen LogP contribution in [-0.4, -0.2) is 88.2 Å². The maximum Gasteiger partial charge on any atom is 0.323 e. The fourth-order valence-electron chi connectivity index (χ4n) is 4.43. The van der Waals surface area contributed by atoms with E-state index in [1.165, 1.54) is 10.2 Å². The quantitative estimate of drug-likeness (QED) is 0.283. The Morgan fingerprint density at radius 3 is 2.71 bits per heavy atom. The number of ether oxygens (including phenoxy) is 1. The van der Waals surface area contributed by atoms with E-state index in [0.29, 0.717) is 17.9 Å². The SMILES string of the molecule is COc1ccc2c(c1)C(=O)N(C[C@@]1(C#Cc3ccc(C(=[SiH2])N4CCNCC4)s3)NC(=O)NC1=O)C2. The van der Waals surface area contributed by atoms with Crippen molar-refractivity contribution in [2.45, 2.75) is 12.1 Å². The Labute approximate surface area is 209 Å². The molecule has 180 valence electrons. The van der Waals surface area contributed by atoms with Gasteiger partial charge in [0.1, 0.15) is 5.75 Å². The molecular weight excluding hydrogens is 482 g/mol. The summed E-state index contributed by atoms with van der Waals surface area (Å²) in [6, 6.07) is 8.66. The van der Waals surface area contributed by atoms with Gasteiger partial charge in [-0.2, -0.15) is 0 Å². The Morgan fingerprint density at radius 1 is 1.20 bits per heavy atom. The van der Waals surface area contributed by atoms with E-state index in [1.807, 2.05) is 28.1 Å². The summed E-state index contributed by atoms with van der Waals surface area (Å²) in [6.07, 6.45) is 0. The standard InChI is InChI=1S/C24H25N5O4SSi/c1-33-16-3-2-15-13-29(20(30)18(15)12-16)14-24(22(31)26-23(32)27-24)7-6-17-4-5-19(34-17)21(35)28-10-8-25-9-11-28/h2-5,12,25H,8-11,13-14,35H2,1H3,(H2,26,27,31,32)/t24-/m1/s1. The molecule has 2 fully saturated rings. The molecule has 1 aromatic carbocycles. The number of imide groups is 1. The first-order valence-corrected chi connectivity index (χ1v) is 12.8. The van der Waals surface area contributed by atoms with Gasteiger partial charge in [0.05, 0.1) is 18.5 Å². The molecule has 0 spiro atoms. The molecular formula is C24H25N5O4SSi. The summed E-state index contributed by atoms with van der Waals surface area (Å²) < 4.78 is 5.23. The molecule has 11 heteroatoms. The van der Waals surface area contributed by atoms with Crippen LogP contribution in [0.1, 0.15) is 25.7 Å². The molecule has 1 atom stereocenters. The lowest BCUT2D eigenvalue weighted by atomic mass is 9.99. The molecule has 5 rings (SSSR count). The van der Waals surface area contributed by atoms with E-state index in [2.05, 4.69) is 32.7 Å². The number of piperazine rings is 1. The van der Waals surface area contributed by atoms with E-state index in [1.54, 1.807) is 30.6 Å². The van der Waals surface area contributed by atoms with Crippen molar-refractivity contribution < 1.29 is 19.1 Å². The molecule has 9 nitrogen and oxygen atoms in total. The molecule has 2 saturated heterocycles. The normalized spacial score (nSPS) is 21.2. The van der Waals surface area contributed by atoms with Gasteiger partial charge in [-0.25, -0.2) is 4.79 Å². The lowest BCUT2D eigenvalue weighted by molar-refractivity contribution is -0.122. The highest BCUT2D eigenvalue weighted by atomic mass is 32.1. The van der Waals surface area contributed by atoms with Gasteiger partial charge in [-0.15, -0.1) is 11.3 Å². The number of hydrogen-bond donors (Lipinski definition) is 3. The first-order chi connectivity index (χ1) is 16.9.